The Kier molecular flexibility index (Phi) is 5.50. The van der Waals surface area contributed by atoms with Crippen molar-refractivity contribution in [2.45, 2.75) is 50.9 Å². The molecule has 27 heavy (non-hydrogen) atoms. The number of benzene rings is 1. The summed E-state index contributed by atoms with van der Waals surface area (Å²) in [4.78, 5) is 0. The summed E-state index contributed by atoms with van der Waals surface area (Å²) in [5.41, 5.74) is 3.88. The number of methoxy groups -OCH3 is 1. The molecule has 0 bridgehead atoms. The van der Waals surface area contributed by atoms with Crippen LogP contribution < -0.4 is 26.5 Å². The molecule has 148 valence electrons. The number of ether oxygens (including phenoxy) is 2. The van der Waals surface area contributed by atoms with Crippen molar-refractivity contribution in [3.8, 4) is 11.5 Å². The minimum Gasteiger partial charge on any atom is -1.00 e. The van der Waals surface area contributed by atoms with Gasteiger partial charge in [0.2, 0.25) is 0 Å². The first-order valence-corrected chi connectivity index (χ1v) is 9.58. The molecule has 0 aromatic heterocycles. The van der Waals surface area contributed by atoms with Crippen molar-refractivity contribution < 1.29 is 36.0 Å². The van der Waals surface area contributed by atoms with Gasteiger partial charge in [-0.25, -0.2) is 0 Å². The summed E-state index contributed by atoms with van der Waals surface area (Å²) in [7, 11) is 4.05. The first-order chi connectivity index (χ1) is 12.4. The van der Waals surface area contributed by atoms with Gasteiger partial charge in [0.05, 0.1) is 38.8 Å². The van der Waals surface area contributed by atoms with E-state index in [4.69, 9.17) is 9.47 Å². The van der Waals surface area contributed by atoms with Gasteiger partial charge in [-0.15, -0.1) is 0 Å². The molecule has 0 fully saturated rings. The van der Waals surface area contributed by atoms with E-state index in [9.17, 15) is 5.11 Å². The highest BCUT2D eigenvalue weighted by Crippen LogP contribution is 2.56. The van der Waals surface area contributed by atoms with Gasteiger partial charge in [-0.2, -0.15) is 0 Å². The summed E-state index contributed by atoms with van der Waals surface area (Å²) in [5.74, 6) is 1.70. The van der Waals surface area contributed by atoms with Crippen LogP contribution >= 0.6 is 0 Å². The van der Waals surface area contributed by atoms with E-state index >= 15 is 0 Å². The molecule has 5 heteroatoms. The molecule has 0 saturated carbocycles. The molecular weight excluding hydrogens is 406 g/mol. The van der Waals surface area contributed by atoms with E-state index in [2.05, 4.69) is 39.1 Å². The maximum absolute atomic E-state index is 10.2. The molecule has 1 unspecified atom stereocenters. The fraction of sp³-hybridized carbons (Fsp3) is 0.545. The van der Waals surface area contributed by atoms with Crippen LogP contribution in [0.3, 0.4) is 0 Å². The summed E-state index contributed by atoms with van der Waals surface area (Å²) in [6.07, 6.45) is 7.77. The molecule has 1 aromatic rings. The van der Waals surface area contributed by atoms with Crippen LogP contribution in [0.25, 0.3) is 0 Å². The van der Waals surface area contributed by atoms with Crippen LogP contribution in [0.15, 0.2) is 35.9 Å². The van der Waals surface area contributed by atoms with Crippen LogP contribution in [0.1, 0.15) is 37.8 Å². The third-order valence-corrected chi connectivity index (χ3v) is 6.36. The third kappa shape index (κ3) is 3.34. The number of hydrogen-bond acceptors (Lipinski definition) is 3. The molecule has 4 rings (SSSR count). The Balaban J connectivity index is 0.00000210. The van der Waals surface area contributed by atoms with E-state index in [1.165, 1.54) is 16.7 Å². The number of likely N-dealkylation sites (N-methyl/N-ethyl adjacent to an activating group) is 1. The number of allylic oxidation sites excluding steroid dienone is 1. The monoisotopic (exact) mass is 435 g/mol. The molecule has 4 nitrogen and oxygen atoms in total. The lowest BCUT2D eigenvalue weighted by Crippen LogP contribution is -3.00. The Morgan fingerprint density at radius 1 is 1.41 bits per heavy atom. The molecule has 1 spiro atoms. The van der Waals surface area contributed by atoms with Crippen LogP contribution in [0, 0.1) is 0 Å². The topological polar surface area (TPSA) is 38.7 Å². The van der Waals surface area contributed by atoms with Crippen LogP contribution in [0.5, 0.6) is 11.5 Å². The van der Waals surface area contributed by atoms with Gasteiger partial charge >= 0.3 is 0 Å². The zero-order valence-electron chi connectivity index (χ0n) is 16.7. The van der Waals surface area contributed by atoms with E-state index in [1.807, 2.05) is 12.1 Å². The normalized spacial score (nSPS) is 33.1. The highest BCUT2D eigenvalue weighted by Gasteiger charge is 2.54. The largest absolute Gasteiger partial charge is 1.00 e. The van der Waals surface area contributed by atoms with Crippen LogP contribution in [-0.4, -0.2) is 49.0 Å². The first-order valence-electron chi connectivity index (χ1n) is 9.58. The van der Waals surface area contributed by atoms with E-state index in [1.54, 1.807) is 7.11 Å². The van der Waals surface area contributed by atoms with Gasteiger partial charge in [0, 0.05) is 24.0 Å². The van der Waals surface area contributed by atoms with Crippen LogP contribution in [0.4, 0.5) is 0 Å². The van der Waals surface area contributed by atoms with Crippen molar-refractivity contribution in [3.63, 3.8) is 0 Å². The highest BCUT2D eigenvalue weighted by atomic mass is 79.9. The minimum absolute atomic E-state index is 0. The number of nitrogens with zero attached hydrogens (tertiary/aromatic N) is 1. The van der Waals surface area contributed by atoms with Crippen LogP contribution in [0.2, 0.25) is 0 Å². The lowest BCUT2D eigenvalue weighted by Gasteiger charge is -2.37. The molecule has 3 aliphatic rings. The standard InChI is InChI=1S/C22H30NO3.BrH/c1-15(2)8-11-23(3)12-10-22-9-7-17(24)13-19(22)26-21-18(25-4)6-5-16(14-23)20(21)22;/h5-9,17,19,24H,10-14H2,1-4H3;1H/q+1;/p-1/t17-,19-,22-,23?;/m0./s1. The second-order valence-electron chi connectivity index (χ2n) is 8.66. The smallest absolute Gasteiger partial charge is 0.166 e. The quantitative estimate of drug-likeness (QED) is 0.549. The zero-order chi connectivity index (χ0) is 18.5. The summed E-state index contributed by atoms with van der Waals surface area (Å²) in [6.45, 7) is 7.45. The fourth-order valence-corrected chi connectivity index (χ4v) is 4.84. The average Bonchev–Trinajstić information content (AvgIpc) is 2.87. The Labute approximate surface area is 172 Å². The number of quaternary nitrogens is 1. The predicted octanol–water partition coefficient (Wildman–Crippen LogP) is 0.335. The lowest BCUT2D eigenvalue weighted by molar-refractivity contribution is -0.917. The molecule has 1 aromatic carbocycles. The minimum atomic E-state index is -0.427. The van der Waals surface area contributed by atoms with Gasteiger partial charge in [0.15, 0.2) is 11.5 Å². The summed E-state index contributed by atoms with van der Waals surface area (Å²) >= 11 is 0. The van der Waals surface area contributed by atoms with Crippen molar-refractivity contribution in [3.05, 3.63) is 47.1 Å². The average molecular weight is 436 g/mol. The Morgan fingerprint density at radius 2 is 2.19 bits per heavy atom. The molecule has 1 aliphatic carbocycles. The summed E-state index contributed by atoms with van der Waals surface area (Å²) < 4.78 is 13.0. The van der Waals surface area contributed by atoms with E-state index < -0.39 is 6.10 Å². The Hall–Kier alpha value is -1.30. The molecular formula is C22H30BrNO3. The van der Waals surface area contributed by atoms with E-state index in [0.717, 1.165) is 42.0 Å². The molecule has 2 aliphatic heterocycles. The summed E-state index contributed by atoms with van der Waals surface area (Å²) in [6, 6.07) is 4.25. The van der Waals surface area contributed by atoms with Gasteiger partial charge in [-0.1, -0.05) is 17.7 Å². The van der Waals surface area contributed by atoms with Crippen molar-refractivity contribution in [1.29, 1.82) is 0 Å². The van der Waals surface area contributed by atoms with Gasteiger partial charge in [0.1, 0.15) is 12.6 Å². The molecule has 4 atom stereocenters. The Morgan fingerprint density at radius 3 is 2.89 bits per heavy atom. The number of aliphatic hydroxyl groups excluding tert-OH is 1. The predicted molar refractivity (Wildman–Crippen MR) is 103 cm³/mol. The zero-order valence-corrected chi connectivity index (χ0v) is 18.3. The first kappa shape index (κ1) is 20.4. The summed E-state index contributed by atoms with van der Waals surface area (Å²) in [5, 5.41) is 10.2. The van der Waals surface area contributed by atoms with Crippen molar-refractivity contribution in [2.24, 2.45) is 0 Å². The van der Waals surface area contributed by atoms with Crippen molar-refractivity contribution >= 4 is 0 Å². The second-order valence-corrected chi connectivity index (χ2v) is 8.66. The van der Waals surface area contributed by atoms with Crippen molar-refractivity contribution in [1.82, 2.24) is 0 Å². The number of halogens is 1. The molecule has 0 radical (unpaired) electrons. The number of aliphatic hydroxyl groups is 1. The highest BCUT2D eigenvalue weighted by molar-refractivity contribution is 5.60. The maximum Gasteiger partial charge on any atom is 0.166 e. The molecule has 1 N–H and O–H groups in total. The van der Waals surface area contributed by atoms with Crippen molar-refractivity contribution in [2.75, 3.05) is 27.2 Å². The van der Waals surface area contributed by atoms with E-state index in [-0.39, 0.29) is 28.5 Å². The van der Waals surface area contributed by atoms with Gasteiger partial charge in [-0.05, 0) is 32.1 Å². The third-order valence-electron chi connectivity index (χ3n) is 6.36. The van der Waals surface area contributed by atoms with E-state index in [0.29, 0.717) is 6.42 Å². The van der Waals surface area contributed by atoms with Crippen LogP contribution in [-0.2, 0) is 12.0 Å². The SMILES string of the molecule is COc1ccc2c3c1O[C@H]1C[C@@H](O)C=C[C@@]31CC[N+](C)(CC=C(C)C)C2.[Br-]. The fourth-order valence-electron chi connectivity index (χ4n) is 4.84. The molecule has 0 saturated heterocycles. The lowest BCUT2D eigenvalue weighted by atomic mass is 9.69. The maximum atomic E-state index is 10.2. The number of rotatable bonds is 3. The van der Waals surface area contributed by atoms with Gasteiger partial charge < -0.3 is 36.0 Å². The molecule has 0 amide bonds. The Bertz CT molecular complexity index is 786. The second kappa shape index (κ2) is 7.26. The number of hydrogen-bond donors (Lipinski definition) is 1. The van der Waals surface area contributed by atoms with Gasteiger partial charge in [-0.3, -0.25) is 0 Å². The molecule has 2 heterocycles. The van der Waals surface area contributed by atoms with Gasteiger partial charge in [0.25, 0.3) is 0 Å².